The molecule has 196 valence electrons. The van der Waals surface area contributed by atoms with Gasteiger partial charge in [0.05, 0.1) is 14.3 Å². The molecule has 0 aliphatic carbocycles. The van der Waals surface area contributed by atoms with E-state index in [-0.39, 0.29) is 18.5 Å². The predicted molar refractivity (Wildman–Crippen MR) is 159 cm³/mol. The zero-order chi connectivity index (χ0) is 27.3. The topological polar surface area (TPSA) is 197 Å². The molecular formula is C21H19I4NO10. The van der Waals surface area contributed by atoms with Gasteiger partial charge in [0.1, 0.15) is 30.1 Å². The normalized spacial score (nSPS) is 15.4. The van der Waals surface area contributed by atoms with E-state index in [1.165, 1.54) is 0 Å². The quantitative estimate of drug-likeness (QED) is 0.0825. The van der Waals surface area contributed by atoms with Crippen molar-refractivity contribution in [2.45, 2.75) is 36.9 Å². The molecule has 0 heterocycles. The van der Waals surface area contributed by atoms with Gasteiger partial charge >= 0.3 is 11.9 Å². The van der Waals surface area contributed by atoms with Gasteiger partial charge in [-0.2, -0.15) is 0 Å². The lowest BCUT2D eigenvalue weighted by molar-refractivity contribution is -0.161. The van der Waals surface area contributed by atoms with Crippen molar-refractivity contribution in [1.82, 2.24) is 0 Å². The smallest absolute Gasteiger partial charge is 0.343 e. The first-order valence-electron chi connectivity index (χ1n) is 9.79. The molecule has 36 heavy (non-hydrogen) atoms. The first-order valence-corrected chi connectivity index (χ1v) is 14.1. The molecule has 0 radical (unpaired) electrons. The lowest BCUT2D eigenvalue weighted by Crippen LogP contribution is -2.49. The van der Waals surface area contributed by atoms with Crippen LogP contribution in [0.4, 0.5) is 0 Å². The summed E-state index contributed by atoms with van der Waals surface area (Å²) in [6, 6.07) is 5.66. The molecule has 5 unspecified atom stereocenters. The number of hydrogen-bond acceptors (Lipinski definition) is 10. The van der Waals surface area contributed by atoms with Crippen LogP contribution in [0.25, 0.3) is 0 Å². The molecular weight excluding hydrogens is 934 g/mol. The molecule has 0 spiro atoms. The van der Waals surface area contributed by atoms with Gasteiger partial charge < -0.3 is 45.5 Å². The number of benzene rings is 2. The molecule has 11 nitrogen and oxygen atoms in total. The highest BCUT2D eigenvalue weighted by Crippen LogP contribution is 2.37. The molecule has 0 aliphatic rings. The molecule has 0 saturated carbocycles. The first-order chi connectivity index (χ1) is 16.8. The number of aliphatic hydroxyl groups is 4. The number of aliphatic hydroxyl groups excluding tert-OH is 4. The van der Waals surface area contributed by atoms with Gasteiger partial charge in [-0.1, -0.05) is 0 Å². The Labute approximate surface area is 259 Å². The Hall–Kier alpha value is -0.430. The lowest BCUT2D eigenvalue weighted by atomic mass is 10.0. The van der Waals surface area contributed by atoms with Gasteiger partial charge in [-0.25, -0.2) is 4.79 Å². The number of carbonyl (C=O) groups excluding carboxylic acids is 2. The number of halogens is 4. The Morgan fingerprint density at radius 1 is 0.889 bits per heavy atom. The molecule has 2 aromatic rings. The number of aldehydes is 1. The van der Waals surface area contributed by atoms with Gasteiger partial charge in [0.15, 0.2) is 23.9 Å². The number of nitrogens with two attached hydrogens (primary N) is 1. The van der Waals surface area contributed by atoms with Gasteiger partial charge in [0, 0.05) is 0 Å². The number of ether oxygens (including phenoxy) is 2. The van der Waals surface area contributed by atoms with E-state index in [1.54, 1.807) is 24.3 Å². The molecule has 2 rings (SSSR count). The Morgan fingerprint density at radius 2 is 1.39 bits per heavy atom. The van der Waals surface area contributed by atoms with Crippen LogP contribution < -0.4 is 15.2 Å². The minimum Gasteiger partial charge on any atom is -0.480 e. The largest absolute Gasteiger partial charge is 0.480 e. The van der Waals surface area contributed by atoms with Gasteiger partial charge in [0.2, 0.25) is 0 Å². The number of esters is 1. The highest BCUT2D eigenvalue weighted by molar-refractivity contribution is 14.1. The first kappa shape index (κ1) is 31.8. The Morgan fingerprint density at radius 3 is 1.86 bits per heavy atom. The number of rotatable bonds is 11. The summed E-state index contributed by atoms with van der Waals surface area (Å²) in [6.45, 7) is 0. The summed E-state index contributed by atoms with van der Waals surface area (Å²) in [7, 11) is 0. The van der Waals surface area contributed by atoms with E-state index in [9.17, 15) is 34.8 Å². The minimum absolute atomic E-state index is 0.0442. The van der Waals surface area contributed by atoms with E-state index < -0.39 is 42.4 Å². The van der Waals surface area contributed by atoms with E-state index in [1.807, 2.05) is 45.2 Å². The van der Waals surface area contributed by atoms with Crippen LogP contribution in [0, 0.1) is 14.3 Å². The summed E-state index contributed by atoms with van der Waals surface area (Å²) in [5.74, 6) is -1.40. The fourth-order valence-electron chi connectivity index (χ4n) is 2.75. The molecule has 0 amide bonds. The van der Waals surface area contributed by atoms with Crippen LogP contribution >= 0.6 is 90.4 Å². The maximum absolute atomic E-state index is 12.3. The van der Waals surface area contributed by atoms with Crippen molar-refractivity contribution in [3.63, 3.8) is 0 Å². The van der Waals surface area contributed by atoms with Crippen molar-refractivity contribution in [2.75, 3.05) is 0 Å². The second-order valence-corrected chi connectivity index (χ2v) is 12.0. The van der Waals surface area contributed by atoms with E-state index in [2.05, 4.69) is 45.2 Å². The fourth-order valence-corrected chi connectivity index (χ4v) is 6.80. The third kappa shape index (κ3) is 8.28. The van der Waals surface area contributed by atoms with Crippen LogP contribution in [0.15, 0.2) is 24.3 Å². The number of carbonyl (C=O) groups is 3. The van der Waals surface area contributed by atoms with Crippen molar-refractivity contribution in [2.24, 2.45) is 5.73 Å². The molecule has 2 aromatic carbocycles. The second-order valence-electron chi connectivity index (χ2n) is 7.33. The average molecular weight is 953 g/mol. The molecule has 7 N–H and O–H groups in total. The van der Waals surface area contributed by atoms with Gasteiger partial charge in [-0.05, 0) is 127 Å². The molecule has 5 atom stereocenters. The Balaban J connectivity index is 2.21. The van der Waals surface area contributed by atoms with Crippen LogP contribution in [0.5, 0.6) is 17.2 Å². The van der Waals surface area contributed by atoms with Gasteiger partial charge in [-0.15, -0.1) is 0 Å². The van der Waals surface area contributed by atoms with E-state index in [0.29, 0.717) is 18.6 Å². The van der Waals surface area contributed by atoms with Crippen molar-refractivity contribution >= 4 is 109 Å². The predicted octanol–water partition coefficient (Wildman–Crippen LogP) is 1.40. The summed E-state index contributed by atoms with van der Waals surface area (Å²) in [6.07, 6.45) is -8.36. The van der Waals surface area contributed by atoms with Crippen LogP contribution in [0.3, 0.4) is 0 Å². The average Bonchev–Trinajstić information content (AvgIpc) is 2.81. The van der Waals surface area contributed by atoms with E-state index >= 15 is 0 Å². The third-order valence-corrected chi connectivity index (χ3v) is 7.83. The van der Waals surface area contributed by atoms with Crippen LogP contribution in [0.1, 0.15) is 5.56 Å². The standard InChI is InChI=1S/C21H19I4NO10/c22-9-1-7(3-13(26)20(32)33)2-10(23)18(9)35-8-4-11(24)19(12(25)5-8)36-21(34)17(31)16(30)15(29)14(28)6-27/h1-2,4-6,13-17,28-31H,3,26H2,(H,32,33). The highest BCUT2D eigenvalue weighted by atomic mass is 127. The maximum Gasteiger partial charge on any atom is 0.343 e. The van der Waals surface area contributed by atoms with E-state index in [4.69, 9.17) is 20.3 Å². The molecule has 0 aromatic heterocycles. The monoisotopic (exact) mass is 953 g/mol. The van der Waals surface area contributed by atoms with Crippen LogP contribution in [-0.2, 0) is 20.8 Å². The Bertz CT molecular complexity index is 1100. The lowest BCUT2D eigenvalue weighted by Gasteiger charge is -2.23. The fraction of sp³-hybridized carbons (Fsp3) is 0.286. The molecule has 15 heteroatoms. The number of hydrogen-bond donors (Lipinski definition) is 6. The zero-order valence-corrected chi connectivity index (χ0v) is 26.5. The van der Waals surface area contributed by atoms with Crippen molar-refractivity contribution < 1.29 is 49.4 Å². The summed E-state index contributed by atoms with van der Waals surface area (Å²) < 4.78 is 13.5. The number of carboxylic acids is 1. The second kappa shape index (κ2) is 14.1. The van der Waals surface area contributed by atoms with Crippen molar-refractivity contribution in [3.05, 3.63) is 44.1 Å². The summed E-state index contributed by atoms with van der Waals surface area (Å²) in [4.78, 5) is 33.9. The molecule has 0 fully saturated rings. The highest BCUT2D eigenvalue weighted by Gasteiger charge is 2.36. The van der Waals surface area contributed by atoms with Crippen LogP contribution in [-0.4, -0.2) is 74.2 Å². The minimum atomic E-state index is -2.23. The number of aliphatic carboxylic acids is 1. The molecule has 0 aliphatic heterocycles. The molecule has 0 saturated heterocycles. The summed E-state index contributed by atoms with van der Waals surface area (Å²) in [5, 5.41) is 47.8. The van der Waals surface area contributed by atoms with Gasteiger partial charge in [-0.3, -0.25) is 4.79 Å². The third-order valence-electron chi connectivity index (χ3n) is 4.63. The number of carboxylic acid groups (broad SMARTS) is 1. The van der Waals surface area contributed by atoms with Crippen LogP contribution in [0.2, 0.25) is 0 Å². The Kier molecular flexibility index (Phi) is 12.4. The van der Waals surface area contributed by atoms with Crippen molar-refractivity contribution in [3.8, 4) is 17.2 Å². The van der Waals surface area contributed by atoms with E-state index in [0.717, 1.165) is 12.7 Å². The zero-order valence-electron chi connectivity index (χ0n) is 17.8. The summed E-state index contributed by atoms with van der Waals surface area (Å²) in [5.41, 5.74) is 6.36. The molecule has 0 bridgehead atoms. The maximum atomic E-state index is 12.3. The van der Waals surface area contributed by atoms with Gasteiger partial charge in [0.25, 0.3) is 0 Å². The SMILES string of the molecule is NC(Cc1cc(I)c(Oc2cc(I)c(OC(=O)C(O)C(O)C(O)C(O)C=O)c(I)c2)c(I)c1)C(=O)O. The summed E-state index contributed by atoms with van der Waals surface area (Å²) >= 11 is 7.90. The van der Waals surface area contributed by atoms with Crippen molar-refractivity contribution in [1.29, 1.82) is 0 Å².